The topological polar surface area (TPSA) is 73.5 Å². The standard InChI is InChI=1S/C24H31FN4O2S/c1-17(32-16-23(30)26-20-12-10-19(25)11-13-20)24(31)29(2)14-6-9-21-15-22(28-27-21)18-7-4-3-5-8-18/h3-5,7-8,10-13,17,21-22,27-28H,6,9,14-16H2,1-2H3,(H,26,30). The number of rotatable bonds is 10. The molecule has 3 unspecified atom stereocenters. The lowest BCUT2D eigenvalue weighted by molar-refractivity contribution is -0.129. The summed E-state index contributed by atoms with van der Waals surface area (Å²) in [5, 5.41) is 2.40. The van der Waals surface area contributed by atoms with E-state index in [1.807, 2.05) is 20.0 Å². The Balaban J connectivity index is 1.32. The van der Waals surface area contributed by atoms with Crippen molar-refractivity contribution in [3.05, 3.63) is 66.0 Å². The summed E-state index contributed by atoms with van der Waals surface area (Å²) in [7, 11) is 1.81. The number of carbonyl (C=O) groups excluding carboxylic acids is 2. The van der Waals surface area contributed by atoms with Crippen molar-refractivity contribution in [2.24, 2.45) is 0 Å². The maximum atomic E-state index is 12.9. The Morgan fingerprint density at radius 2 is 1.88 bits per heavy atom. The van der Waals surface area contributed by atoms with Gasteiger partial charge in [0.2, 0.25) is 11.8 Å². The molecule has 32 heavy (non-hydrogen) atoms. The summed E-state index contributed by atoms with van der Waals surface area (Å²) in [4.78, 5) is 26.4. The first-order chi connectivity index (χ1) is 15.4. The van der Waals surface area contributed by atoms with Crippen LogP contribution in [0.3, 0.4) is 0 Å². The van der Waals surface area contributed by atoms with Gasteiger partial charge in [-0.2, -0.15) is 0 Å². The fraction of sp³-hybridized carbons (Fsp3) is 0.417. The number of hydrogen-bond donors (Lipinski definition) is 3. The highest BCUT2D eigenvalue weighted by molar-refractivity contribution is 8.01. The minimum absolute atomic E-state index is 0.0178. The van der Waals surface area contributed by atoms with Gasteiger partial charge in [-0.3, -0.25) is 20.4 Å². The lowest BCUT2D eigenvalue weighted by Crippen LogP contribution is -2.36. The minimum atomic E-state index is -0.351. The van der Waals surface area contributed by atoms with Gasteiger partial charge in [0.25, 0.3) is 0 Å². The first-order valence-corrected chi connectivity index (χ1v) is 11.9. The van der Waals surface area contributed by atoms with Gasteiger partial charge in [0.1, 0.15) is 5.82 Å². The highest BCUT2D eigenvalue weighted by Crippen LogP contribution is 2.24. The second-order valence-electron chi connectivity index (χ2n) is 8.09. The SMILES string of the molecule is CC(SCC(=O)Nc1ccc(F)cc1)C(=O)N(C)CCCC1CC(c2ccccc2)NN1. The van der Waals surface area contributed by atoms with E-state index in [0.29, 0.717) is 24.3 Å². The van der Waals surface area contributed by atoms with Crippen LogP contribution in [0, 0.1) is 5.82 Å². The molecule has 0 bridgehead atoms. The van der Waals surface area contributed by atoms with Crippen LogP contribution in [0.2, 0.25) is 0 Å². The van der Waals surface area contributed by atoms with Crippen LogP contribution in [0.25, 0.3) is 0 Å². The quantitative estimate of drug-likeness (QED) is 0.506. The summed E-state index contributed by atoms with van der Waals surface area (Å²) >= 11 is 1.30. The van der Waals surface area contributed by atoms with Gasteiger partial charge < -0.3 is 10.2 Å². The van der Waals surface area contributed by atoms with Gasteiger partial charge in [0, 0.05) is 31.4 Å². The summed E-state index contributed by atoms with van der Waals surface area (Å²) in [5.74, 6) is -0.382. The fourth-order valence-corrected chi connectivity index (χ4v) is 4.51. The van der Waals surface area contributed by atoms with Gasteiger partial charge in [-0.15, -0.1) is 11.8 Å². The lowest BCUT2D eigenvalue weighted by atomic mass is 10.00. The van der Waals surface area contributed by atoms with Crippen LogP contribution in [0.1, 0.15) is 37.8 Å². The van der Waals surface area contributed by atoms with Gasteiger partial charge in [0.15, 0.2) is 0 Å². The Hall–Kier alpha value is -2.42. The summed E-state index contributed by atoms with van der Waals surface area (Å²) in [6.07, 6.45) is 2.91. The van der Waals surface area contributed by atoms with E-state index in [-0.39, 0.29) is 28.6 Å². The van der Waals surface area contributed by atoms with Crippen LogP contribution in [0.4, 0.5) is 10.1 Å². The highest BCUT2D eigenvalue weighted by Gasteiger charge is 2.25. The Morgan fingerprint density at radius 3 is 2.59 bits per heavy atom. The number of benzene rings is 2. The lowest BCUT2D eigenvalue weighted by Gasteiger charge is -2.21. The van der Waals surface area contributed by atoms with Gasteiger partial charge in [-0.05, 0) is 56.0 Å². The fourth-order valence-electron chi connectivity index (χ4n) is 3.71. The van der Waals surface area contributed by atoms with Crippen LogP contribution in [-0.4, -0.2) is 47.4 Å². The smallest absolute Gasteiger partial charge is 0.235 e. The number of thioether (sulfide) groups is 1. The number of carbonyl (C=O) groups is 2. The molecule has 1 heterocycles. The van der Waals surface area contributed by atoms with Crippen molar-refractivity contribution in [2.75, 3.05) is 24.7 Å². The third kappa shape index (κ3) is 7.32. The number of amides is 2. The van der Waals surface area contributed by atoms with Gasteiger partial charge in [-0.25, -0.2) is 4.39 Å². The van der Waals surface area contributed by atoms with E-state index >= 15 is 0 Å². The molecule has 3 N–H and O–H groups in total. The van der Waals surface area contributed by atoms with Gasteiger partial charge >= 0.3 is 0 Å². The van der Waals surface area contributed by atoms with Crippen molar-refractivity contribution in [1.82, 2.24) is 15.8 Å². The Bertz CT molecular complexity index is 881. The van der Waals surface area contributed by atoms with Crippen molar-refractivity contribution in [1.29, 1.82) is 0 Å². The Labute approximate surface area is 193 Å². The molecule has 0 spiro atoms. The molecule has 6 nitrogen and oxygen atoms in total. The predicted molar refractivity (Wildman–Crippen MR) is 128 cm³/mol. The normalized spacial score (nSPS) is 18.8. The molecule has 1 fully saturated rings. The number of nitrogens with one attached hydrogen (secondary N) is 3. The minimum Gasteiger partial charge on any atom is -0.345 e. The Kier molecular flexibility index (Phi) is 9.08. The molecule has 2 amide bonds. The molecule has 3 rings (SSSR count). The molecule has 3 atom stereocenters. The third-order valence-electron chi connectivity index (χ3n) is 5.55. The summed E-state index contributed by atoms with van der Waals surface area (Å²) in [6, 6.07) is 16.7. The zero-order valence-electron chi connectivity index (χ0n) is 18.5. The largest absolute Gasteiger partial charge is 0.345 e. The molecule has 8 heteroatoms. The van der Waals surface area contributed by atoms with E-state index in [2.05, 4.69) is 40.4 Å². The molecule has 1 saturated heterocycles. The molecule has 2 aromatic rings. The zero-order chi connectivity index (χ0) is 22.9. The van der Waals surface area contributed by atoms with E-state index in [4.69, 9.17) is 0 Å². The third-order valence-corrected chi connectivity index (χ3v) is 6.68. The van der Waals surface area contributed by atoms with Crippen LogP contribution < -0.4 is 16.2 Å². The van der Waals surface area contributed by atoms with Crippen molar-refractivity contribution in [3.63, 3.8) is 0 Å². The number of hydrazine groups is 1. The van der Waals surface area contributed by atoms with E-state index in [1.54, 1.807) is 4.90 Å². The first-order valence-electron chi connectivity index (χ1n) is 10.9. The van der Waals surface area contributed by atoms with Crippen LogP contribution in [0.5, 0.6) is 0 Å². The summed E-state index contributed by atoms with van der Waals surface area (Å²) < 4.78 is 12.9. The maximum Gasteiger partial charge on any atom is 0.235 e. The van der Waals surface area contributed by atoms with Crippen molar-refractivity contribution in [2.45, 2.75) is 43.5 Å². The van der Waals surface area contributed by atoms with Crippen molar-refractivity contribution >= 4 is 29.3 Å². The van der Waals surface area contributed by atoms with Crippen molar-refractivity contribution < 1.29 is 14.0 Å². The predicted octanol–water partition coefficient (Wildman–Crippen LogP) is 3.73. The van der Waals surface area contributed by atoms with Gasteiger partial charge in [0.05, 0.1) is 11.0 Å². The Morgan fingerprint density at radius 1 is 1.16 bits per heavy atom. The molecule has 2 aromatic carbocycles. The number of hydrogen-bond acceptors (Lipinski definition) is 5. The number of nitrogens with zero attached hydrogens (tertiary/aromatic N) is 1. The molecule has 0 aromatic heterocycles. The second-order valence-corrected chi connectivity index (χ2v) is 9.42. The molecule has 0 radical (unpaired) electrons. The zero-order valence-corrected chi connectivity index (χ0v) is 19.3. The maximum absolute atomic E-state index is 12.9. The van der Waals surface area contributed by atoms with E-state index in [9.17, 15) is 14.0 Å². The average Bonchev–Trinajstić information content (AvgIpc) is 3.28. The van der Waals surface area contributed by atoms with E-state index < -0.39 is 0 Å². The van der Waals surface area contributed by atoms with Gasteiger partial charge in [-0.1, -0.05) is 30.3 Å². The van der Waals surface area contributed by atoms with Crippen LogP contribution >= 0.6 is 11.8 Å². The molecular formula is C24H31FN4O2S. The molecule has 1 aliphatic rings. The molecule has 172 valence electrons. The average molecular weight is 459 g/mol. The highest BCUT2D eigenvalue weighted by atomic mass is 32.2. The molecule has 0 aliphatic carbocycles. The first kappa shape index (κ1) is 24.2. The van der Waals surface area contributed by atoms with E-state index in [0.717, 1.165) is 19.3 Å². The summed E-state index contributed by atoms with van der Waals surface area (Å²) in [6.45, 7) is 2.50. The summed E-state index contributed by atoms with van der Waals surface area (Å²) in [5.41, 5.74) is 8.54. The van der Waals surface area contributed by atoms with Crippen LogP contribution in [-0.2, 0) is 9.59 Å². The molecule has 1 aliphatic heterocycles. The second kappa shape index (κ2) is 12.0. The molecular weight excluding hydrogens is 427 g/mol. The number of halogens is 1. The molecule has 0 saturated carbocycles. The van der Waals surface area contributed by atoms with E-state index in [1.165, 1.54) is 41.6 Å². The van der Waals surface area contributed by atoms with Crippen LogP contribution in [0.15, 0.2) is 54.6 Å². The number of anilines is 1. The monoisotopic (exact) mass is 458 g/mol. The van der Waals surface area contributed by atoms with Crippen molar-refractivity contribution in [3.8, 4) is 0 Å².